The third kappa shape index (κ3) is 69.9. The lowest BCUT2D eigenvalue weighted by atomic mass is 10.0. The summed E-state index contributed by atoms with van der Waals surface area (Å²) in [6, 6.07) is 0. The van der Waals surface area contributed by atoms with E-state index in [0.717, 1.165) is 83.5 Å². The van der Waals surface area contributed by atoms with Gasteiger partial charge in [0.1, 0.15) is 13.2 Å². The first-order valence-corrected chi connectivity index (χ1v) is 37.3. The van der Waals surface area contributed by atoms with E-state index < -0.39 is 18.4 Å². The number of carboxylic acids is 1. The minimum Gasteiger partial charge on any atom is -0.477 e. The zero-order chi connectivity index (χ0) is 64.0. The van der Waals surface area contributed by atoms with E-state index in [-0.39, 0.29) is 38.2 Å². The lowest BCUT2D eigenvalue weighted by molar-refractivity contribution is -0.870. The minimum atomic E-state index is -1.51. The molecule has 88 heavy (non-hydrogen) atoms. The van der Waals surface area contributed by atoms with E-state index in [1.807, 2.05) is 21.1 Å². The van der Waals surface area contributed by atoms with Gasteiger partial charge in [0.15, 0.2) is 6.10 Å². The van der Waals surface area contributed by atoms with Crippen molar-refractivity contribution in [3.05, 3.63) is 85.1 Å². The average Bonchev–Trinajstić information content (AvgIpc) is 3.55. The highest BCUT2D eigenvalue weighted by Crippen LogP contribution is 2.19. The van der Waals surface area contributed by atoms with E-state index in [2.05, 4.69) is 98.9 Å². The first-order valence-electron chi connectivity index (χ1n) is 37.3. The summed E-state index contributed by atoms with van der Waals surface area (Å²) in [7, 11) is 5.99. The van der Waals surface area contributed by atoms with Crippen molar-refractivity contribution < 1.29 is 42.9 Å². The highest BCUT2D eigenvalue weighted by atomic mass is 16.7. The van der Waals surface area contributed by atoms with Gasteiger partial charge in [-0.05, 0) is 70.6 Å². The summed E-state index contributed by atoms with van der Waals surface area (Å²) in [5, 5.41) is 9.75. The largest absolute Gasteiger partial charge is 0.477 e. The molecule has 9 heteroatoms. The Labute approximate surface area is 544 Å². The van der Waals surface area contributed by atoms with Crippen molar-refractivity contribution in [1.29, 1.82) is 0 Å². The number of carboxylic acid groups (broad SMARTS) is 1. The monoisotopic (exact) mass is 1230 g/mol. The molecule has 0 bridgehead atoms. The van der Waals surface area contributed by atoms with Crippen LogP contribution in [0.3, 0.4) is 0 Å². The number of nitrogens with zero attached hydrogens (tertiary/aromatic N) is 1. The molecule has 9 nitrogen and oxygen atoms in total. The molecule has 0 amide bonds. The molecule has 1 N–H and O–H groups in total. The van der Waals surface area contributed by atoms with Crippen molar-refractivity contribution in [3.63, 3.8) is 0 Å². The lowest BCUT2D eigenvalue weighted by Gasteiger charge is -2.25. The van der Waals surface area contributed by atoms with Gasteiger partial charge in [-0.1, -0.05) is 343 Å². The second kappa shape index (κ2) is 69.4. The molecule has 0 heterocycles. The number of hydrogen-bond acceptors (Lipinski definition) is 7. The number of esters is 2. The average molecular weight is 1230 g/mol. The van der Waals surface area contributed by atoms with E-state index in [9.17, 15) is 19.5 Å². The number of likely N-dealkylation sites (N-methyl/N-ethyl adjacent to an activating group) is 1. The number of carbonyl (C=O) groups is 3. The van der Waals surface area contributed by atoms with Gasteiger partial charge in [0.05, 0.1) is 34.4 Å². The second-order valence-electron chi connectivity index (χ2n) is 26.2. The van der Waals surface area contributed by atoms with Crippen LogP contribution >= 0.6 is 0 Å². The molecule has 0 rings (SSSR count). The highest BCUT2D eigenvalue weighted by molar-refractivity contribution is 5.71. The Kier molecular flexibility index (Phi) is 66.6. The fourth-order valence-corrected chi connectivity index (χ4v) is 10.8. The second-order valence-corrected chi connectivity index (χ2v) is 26.2. The molecule has 0 saturated heterocycles. The Morgan fingerprint density at radius 1 is 0.352 bits per heavy atom. The minimum absolute atomic E-state index is 0.178. The van der Waals surface area contributed by atoms with Crippen LogP contribution in [0.5, 0.6) is 0 Å². The Balaban J connectivity index is 4.00. The zero-order valence-corrected chi connectivity index (χ0v) is 58.4. The summed E-state index contributed by atoms with van der Waals surface area (Å²) in [6.07, 6.45) is 91.4. The van der Waals surface area contributed by atoms with Gasteiger partial charge in [-0.2, -0.15) is 0 Å². The predicted octanol–water partition coefficient (Wildman–Crippen LogP) is 23.4. The molecular formula is C79H142NO8+. The fraction of sp³-hybridized carbons (Fsp3) is 0.785. The molecule has 0 aromatic carbocycles. The number of aliphatic carboxylic acids is 1. The maximum Gasteiger partial charge on any atom is 0.361 e. The van der Waals surface area contributed by atoms with Gasteiger partial charge in [0.2, 0.25) is 0 Å². The number of rotatable bonds is 69. The Morgan fingerprint density at radius 3 is 0.966 bits per heavy atom. The SMILES string of the molecule is CC/C=C\C/C=C\C/C=C\C/C=C\C/C=C\C/C=C\C/C=C\CCCCCCCCCCCCCCCCCCCCCC(=O)OC(COC(=O)CCCCCCCCCCCCCCCCCCCCCCCC)COC(OCC[N+](C)(C)C)C(=O)O. The van der Waals surface area contributed by atoms with Gasteiger partial charge < -0.3 is 28.5 Å². The first kappa shape index (κ1) is 84.5. The number of ether oxygens (including phenoxy) is 4. The van der Waals surface area contributed by atoms with E-state index in [4.69, 9.17) is 18.9 Å². The molecule has 0 aromatic rings. The van der Waals surface area contributed by atoms with Crippen LogP contribution < -0.4 is 0 Å². The third-order valence-corrected chi connectivity index (χ3v) is 16.4. The molecular weight excluding hydrogens is 1090 g/mol. The number of carbonyl (C=O) groups excluding carboxylic acids is 2. The summed E-state index contributed by atoms with van der Waals surface area (Å²) in [6.45, 7) is 4.82. The highest BCUT2D eigenvalue weighted by Gasteiger charge is 2.25. The van der Waals surface area contributed by atoms with Crippen LogP contribution in [0.2, 0.25) is 0 Å². The third-order valence-electron chi connectivity index (χ3n) is 16.4. The summed E-state index contributed by atoms with van der Waals surface area (Å²) >= 11 is 0. The van der Waals surface area contributed by atoms with Gasteiger partial charge in [-0.3, -0.25) is 9.59 Å². The maximum atomic E-state index is 13.0. The molecule has 0 fully saturated rings. The van der Waals surface area contributed by atoms with Gasteiger partial charge >= 0.3 is 17.9 Å². The van der Waals surface area contributed by atoms with Crippen LogP contribution in [-0.4, -0.2) is 87.4 Å². The zero-order valence-electron chi connectivity index (χ0n) is 58.4. The molecule has 2 atom stereocenters. The molecule has 0 aliphatic carbocycles. The van der Waals surface area contributed by atoms with Crippen LogP contribution in [0, 0.1) is 0 Å². The number of unbranched alkanes of at least 4 members (excludes halogenated alkanes) is 40. The van der Waals surface area contributed by atoms with Gasteiger partial charge in [0, 0.05) is 12.8 Å². The topological polar surface area (TPSA) is 108 Å². The molecule has 0 spiro atoms. The summed E-state index contributed by atoms with van der Waals surface area (Å²) in [4.78, 5) is 37.6. The maximum absolute atomic E-state index is 13.0. The van der Waals surface area contributed by atoms with E-state index >= 15 is 0 Å². The van der Waals surface area contributed by atoms with E-state index in [1.165, 1.54) is 231 Å². The summed E-state index contributed by atoms with van der Waals surface area (Å²) < 4.78 is 23.0. The van der Waals surface area contributed by atoms with Crippen LogP contribution in [-0.2, 0) is 33.3 Å². The van der Waals surface area contributed by atoms with Gasteiger partial charge in [-0.15, -0.1) is 0 Å². The van der Waals surface area contributed by atoms with Crippen molar-refractivity contribution in [2.24, 2.45) is 0 Å². The van der Waals surface area contributed by atoms with Crippen molar-refractivity contribution in [2.75, 3.05) is 47.5 Å². The molecule has 0 aliphatic rings. The number of quaternary nitrogens is 1. The Bertz CT molecular complexity index is 1720. The Hall–Kier alpha value is -3.53. The molecule has 2 unspecified atom stereocenters. The Morgan fingerprint density at radius 2 is 0.648 bits per heavy atom. The van der Waals surface area contributed by atoms with E-state index in [1.54, 1.807) is 0 Å². The smallest absolute Gasteiger partial charge is 0.361 e. The van der Waals surface area contributed by atoms with Crippen LogP contribution in [0.4, 0.5) is 0 Å². The fourth-order valence-electron chi connectivity index (χ4n) is 10.8. The predicted molar refractivity (Wildman–Crippen MR) is 378 cm³/mol. The molecule has 0 radical (unpaired) electrons. The van der Waals surface area contributed by atoms with Crippen molar-refractivity contribution >= 4 is 17.9 Å². The van der Waals surface area contributed by atoms with Crippen molar-refractivity contribution in [1.82, 2.24) is 0 Å². The molecule has 510 valence electrons. The van der Waals surface area contributed by atoms with Crippen molar-refractivity contribution in [2.45, 2.75) is 354 Å². The van der Waals surface area contributed by atoms with E-state index in [0.29, 0.717) is 17.4 Å². The summed E-state index contributed by atoms with van der Waals surface area (Å²) in [5.74, 6) is -1.98. The van der Waals surface area contributed by atoms with Crippen molar-refractivity contribution in [3.8, 4) is 0 Å². The number of hydrogen-bond donors (Lipinski definition) is 1. The standard InChI is InChI=1S/C79H141NO8/c1-6-8-10-12-14-16-18-20-22-24-26-28-30-31-32-33-34-35-36-37-38-39-40-41-42-43-44-45-46-47-48-50-52-54-56-58-60-62-64-66-68-70-77(82)88-75(74-87-79(78(83)84)85-72-71-80(3,4)5)73-86-76(81)69-67-65-63-61-59-57-55-53-51-49-29-27-25-23-21-19-17-15-13-11-9-7-2/h8,10,14,16,20,22,26,28,31-32,34-35,37-38,75,79H,6-7,9,11-13,15,17-19,21,23-25,27,29-30,33,36,39-74H2,1-5H3/p+1/b10-8-,16-14-,22-20-,28-26-,32-31-,35-34-,38-37-. The lowest BCUT2D eigenvalue weighted by Crippen LogP contribution is -2.40. The van der Waals surface area contributed by atoms with Crippen LogP contribution in [0.1, 0.15) is 341 Å². The van der Waals surface area contributed by atoms with Crippen LogP contribution in [0.15, 0.2) is 85.1 Å². The van der Waals surface area contributed by atoms with Gasteiger partial charge in [-0.25, -0.2) is 4.79 Å². The number of allylic oxidation sites excluding steroid dienone is 14. The molecule has 0 saturated carbocycles. The molecule has 0 aromatic heterocycles. The quantitative estimate of drug-likeness (QED) is 0.0211. The summed E-state index contributed by atoms with van der Waals surface area (Å²) in [5.41, 5.74) is 0. The van der Waals surface area contributed by atoms with Gasteiger partial charge in [0.25, 0.3) is 6.29 Å². The normalized spacial score (nSPS) is 13.1. The molecule has 0 aliphatic heterocycles. The first-order chi connectivity index (χ1) is 43.1. The van der Waals surface area contributed by atoms with Crippen LogP contribution in [0.25, 0.3) is 0 Å².